The standard InChI is InChI=1S/C9H17N5O.HI/c1-3-4-5-11-9(10)12-6-8-13-7(2)15-14-8;/h3-6H2,1-2H3,(H3,10,11,12);1H. The van der Waals surface area contributed by atoms with E-state index in [4.69, 9.17) is 10.3 Å². The van der Waals surface area contributed by atoms with Crippen LogP contribution in [0.3, 0.4) is 0 Å². The molecule has 0 aliphatic carbocycles. The molecular weight excluding hydrogens is 321 g/mol. The SMILES string of the molecule is CCCCNC(N)=NCc1noc(C)n1.I. The zero-order valence-electron chi connectivity index (χ0n) is 9.56. The van der Waals surface area contributed by atoms with Crippen molar-refractivity contribution in [2.45, 2.75) is 33.2 Å². The van der Waals surface area contributed by atoms with Crippen molar-refractivity contribution in [1.29, 1.82) is 0 Å². The van der Waals surface area contributed by atoms with Gasteiger partial charge < -0.3 is 15.6 Å². The maximum atomic E-state index is 5.62. The highest BCUT2D eigenvalue weighted by Crippen LogP contribution is 1.95. The molecular formula is C9H18IN5O. The van der Waals surface area contributed by atoms with Crippen molar-refractivity contribution < 1.29 is 4.52 Å². The largest absolute Gasteiger partial charge is 0.370 e. The van der Waals surface area contributed by atoms with Crippen LogP contribution in [0.15, 0.2) is 9.52 Å². The van der Waals surface area contributed by atoms with Crippen molar-refractivity contribution in [2.75, 3.05) is 6.54 Å². The second-order valence-corrected chi connectivity index (χ2v) is 3.21. The average Bonchev–Trinajstić information content (AvgIpc) is 2.62. The molecule has 1 rings (SSSR count). The number of hydrogen-bond donors (Lipinski definition) is 2. The highest BCUT2D eigenvalue weighted by molar-refractivity contribution is 14.0. The fraction of sp³-hybridized carbons (Fsp3) is 0.667. The van der Waals surface area contributed by atoms with Gasteiger partial charge in [0, 0.05) is 13.5 Å². The third kappa shape index (κ3) is 5.89. The number of rotatable bonds is 5. The first kappa shape index (κ1) is 15.1. The topological polar surface area (TPSA) is 89.3 Å². The van der Waals surface area contributed by atoms with Gasteiger partial charge in [-0.3, -0.25) is 0 Å². The van der Waals surface area contributed by atoms with Crippen molar-refractivity contribution in [2.24, 2.45) is 10.7 Å². The molecule has 92 valence electrons. The van der Waals surface area contributed by atoms with E-state index in [1.165, 1.54) is 0 Å². The van der Waals surface area contributed by atoms with Crippen molar-refractivity contribution in [3.63, 3.8) is 0 Å². The number of halogens is 1. The molecule has 0 amide bonds. The van der Waals surface area contributed by atoms with Crippen LogP contribution in [0.4, 0.5) is 0 Å². The fourth-order valence-corrected chi connectivity index (χ4v) is 1.01. The highest BCUT2D eigenvalue weighted by Gasteiger charge is 2.00. The molecule has 1 heterocycles. The summed E-state index contributed by atoms with van der Waals surface area (Å²) < 4.78 is 4.80. The van der Waals surface area contributed by atoms with E-state index in [0.29, 0.717) is 24.2 Å². The van der Waals surface area contributed by atoms with Gasteiger partial charge in [-0.2, -0.15) is 4.98 Å². The summed E-state index contributed by atoms with van der Waals surface area (Å²) in [6.45, 7) is 5.06. The Bertz CT molecular complexity index is 325. The van der Waals surface area contributed by atoms with Gasteiger partial charge in [-0.1, -0.05) is 18.5 Å². The van der Waals surface area contributed by atoms with Crippen LogP contribution in [-0.2, 0) is 6.54 Å². The number of nitrogens with zero attached hydrogens (tertiary/aromatic N) is 3. The molecule has 0 atom stereocenters. The predicted octanol–water partition coefficient (Wildman–Crippen LogP) is 1.20. The Labute approximate surface area is 112 Å². The summed E-state index contributed by atoms with van der Waals surface area (Å²) in [5.74, 6) is 1.51. The number of aliphatic imine (C=N–C) groups is 1. The fourth-order valence-electron chi connectivity index (χ4n) is 1.01. The van der Waals surface area contributed by atoms with E-state index in [9.17, 15) is 0 Å². The van der Waals surface area contributed by atoms with Crippen LogP contribution in [0.5, 0.6) is 0 Å². The van der Waals surface area contributed by atoms with Crippen molar-refractivity contribution >= 4 is 29.9 Å². The summed E-state index contributed by atoms with van der Waals surface area (Å²) in [4.78, 5) is 8.09. The minimum absolute atomic E-state index is 0. The molecule has 0 bridgehead atoms. The molecule has 0 aliphatic rings. The third-order valence-electron chi connectivity index (χ3n) is 1.80. The highest BCUT2D eigenvalue weighted by atomic mass is 127. The molecule has 6 nitrogen and oxygen atoms in total. The minimum Gasteiger partial charge on any atom is -0.370 e. The van der Waals surface area contributed by atoms with E-state index in [0.717, 1.165) is 19.4 Å². The van der Waals surface area contributed by atoms with Gasteiger partial charge in [-0.05, 0) is 6.42 Å². The first-order valence-electron chi connectivity index (χ1n) is 5.05. The first-order valence-corrected chi connectivity index (χ1v) is 5.05. The van der Waals surface area contributed by atoms with Crippen LogP contribution in [0.1, 0.15) is 31.5 Å². The van der Waals surface area contributed by atoms with E-state index < -0.39 is 0 Å². The number of hydrogen-bond acceptors (Lipinski definition) is 4. The van der Waals surface area contributed by atoms with Crippen molar-refractivity contribution in [1.82, 2.24) is 15.5 Å². The van der Waals surface area contributed by atoms with Gasteiger partial charge in [-0.25, -0.2) is 4.99 Å². The number of guanidine groups is 1. The Hall–Kier alpha value is -0.860. The average molecular weight is 339 g/mol. The Morgan fingerprint density at radius 2 is 2.31 bits per heavy atom. The molecule has 0 aliphatic heterocycles. The summed E-state index contributed by atoms with van der Waals surface area (Å²) in [5.41, 5.74) is 5.62. The van der Waals surface area contributed by atoms with Gasteiger partial charge in [-0.15, -0.1) is 24.0 Å². The van der Waals surface area contributed by atoms with E-state index in [2.05, 4.69) is 27.4 Å². The van der Waals surface area contributed by atoms with Crippen LogP contribution >= 0.6 is 24.0 Å². The van der Waals surface area contributed by atoms with Gasteiger partial charge in [0.05, 0.1) is 0 Å². The van der Waals surface area contributed by atoms with Gasteiger partial charge in [0.25, 0.3) is 0 Å². The molecule has 1 aromatic rings. The molecule has 0 aromatic carbocycles. The molecule has 0 radical (unpaired) electrons. The maximum Gasteiger partial charge on any atom is 0.223 e. The Balaban J connectivity index is 0.00000225. The van der Waals surface area contributed by atoms with Gasteiger partial charge >= 0.3 is 0 Å². The quantitative estimate of drug-likeness (QED) is 0.364. The van der Waals surface area contributed by atoms with E-state index >= 15 is 0 Å². The third-order valence-corrected chi connectivity index (χ3v) is 1.80. The summed E-state index contributed by atoms with van der Waals surface area (Å²) in [7, 11) is 0. The normalized spacial score (nSPS) is 11.0. The van der Waals surface area contributed by atoms with Crippen LogP contribution in [0.25, 0.3) is 0 Å². The second-order valence-electron chi connectivity index (χ2n) is 3.21. The predicted molar refractivity (Wildman–Crippen MR) is 72.7 cm³/mol. The number of nitrogens with two attached hydrogens (primary N) is 1. The van der Waals surface area contributed by atoms with Crippen LogP contribution in [-0.4, -0.2) is 22.6 Å². The van der Waals surface area contributed by atoms with Crippen LogP contribution in [0.2, 0.25) is 0 Å². The molecule has 0 saturated heterocycles. The molecule has 7 heteroatoms. The molecule has 0 spiro atoms. The van der Waals surface area contributed by atoms with E-state index in [1.807, 2.05) is 0 Å². The minimum atomic E-state index is 0. The Kier molecular flexibility index (Phi) is 7.86. The number of unbranched alkanes of at least 4 members (excludes halogenated alkanes) is 1. The summed E-state index contributed by atoms with van der Waals surface area (Å²) in [5, 5.41) is 6.71. The molecule has 0 fully saturated rings. The molecule has 0 saturated carbocycles. The number of aryl methyl sites for hydroxylation is 1. The monoisotopic (exact) mass is 339 g/mol. The lowest BCUT2D eigenvalue weighted by atomic mass is 10.3. The zero-order chi connectivity index (χ0) is 11.1. The van der Waals surface area contributed by atoms with Crippen LogP contribution < -0.4 is 11.1 Å². The maximum absolute atomic E-state index is 5.62. The number of nitrogens with one attached hydrogen (secondary N) is 1. The molecule has 16 heavy (non-hydrogen) atoms. The lowest BCUT2D eigenvalue weighted by Crippen LogP contribution is -2.32. The van der Waals surface area contributed by atoms with Gasteiger partial charge in [0.1, 0.15) is 6.54 Å². The Morgan fingerprint density at radius 3 is 2.88 bits per heavy atom. The Morgan fingerprint density at radius 1 is 1.56 bits per heavy atom. The lowest BCUT2D eigenvalue weighted by molar-refractivity contribution is 0.387. The first-order chi connectivity index (χ1) is 7.22. The summed E-state index contributed by atoms with van der Waals surface area (Å²) in [6, 6.07) is 0. The zero-order valence-corrected chi connectivity index (χ0v) is 11.9. The molecule has 1 aromatic heterocycles. The number of aromatic nitrogens is 2. The smallest absolute Gasteiger partial charge is 0.223 e. The van der Waals surface area contributed by atoms with Crippen molar-refractivity contribution in [3.05, 3.63) is 11.7 Å². The van der Waals surface area contributed by atoms with Crippen molar-refractivity contribution in [3.8, 4) is 0 Å². The molecule has 0 unspecified atom stereocenters. The second kappa shape index (κ2) is 8.31. The van der Waals surface area contributed by atoms with Gasteiger partial charge in [0.15, 0.2) is 11.8 Å². The van der Waals surface area contributed by atoms with E-state index in [1.54, 1.807) is 6.92 Å². The van der Waals surface area contributed by atoms with Crippen LogP contribution in [0, 0.1) is 6.92 Å². The van der Waals surface area contributed by atoms with E-state index in [-0.39, 0.29) is 24.0 Å². The van der Waals surface area contributed by atoms with Gasteiger partial charge in [0.2, 0.25) is 5.89 Å². The lowest BCUT2D eigenvalue weighted by Gasteiger charge is -2.02. The summed E-state index contributed by atoms with van der Waals surface area (Å²) >= 11 is 0. The summed E-state index contributed by atoms with van der Waals surface area (Å²) in [6.07, 6.45) is 2.21. The molecule has 3 N–H and O–H groups in total.